The van der Waals surface area contributed by atoms with Crippen LogP contribution in [0.25, 0.3) is 10.9 Å². The van der Waals surface area contributed by atoms with Gasteiger partial charge in [0.15, 0.2) is 23.1 Å². The van der Waals surface area contributed by atoms with Gasteiger partial charge in [0.05, 0.1) is 24.1 Å². The van der Waals surface area contributed by atoms with E-state index in [1.165, 1.54) is 0 Å². The molecule has 0 bridgehead atoms. The summed E-state index contributed by atoms with van der Waals surface area (Å²) in [5.41, 5.74) is -0.420. The second kappa shape index (κ2) is 5.59. The van der Waals surface area contributed by atoms with Crippen molar-refractivity contribution in [1.29, 1.82) is 0 Å². The van der Waals surface area contributed by atoms with Crippen LogP contribution in [-0.4, -0.2) is 24.2 Å². The third-order valence-corrected chi connectivity index (χ3v) is 2.65. The van der Waals surface area contributed by atoms with E-state index in [2.05, 4.69) is 9.72 Å². The molecule has 0 radical (unpaired) electrons. The van der Waals surface area contributed by atoms with Gasteiger partial charge in [-0.2, -0.15) is 0 Å². The average molecular weight is 299 g/mol. The molecule has 1 heterocycles. The zero-order chi connectivity index (χ0) is 15.7. The fraction of sp³-hybridized carbons (Fsp3) is 0.286. The lowest BCUT2D eigenvalue weighted by Crippen LogP contribution is -2.11. The van der Waals surface area contributed by atoms with Gasteiger partial charge < -0.3 is 9.47 Å². The maximum Gasteiger partial charge on any atom is 0.356 e. The predicted molar refractivity (Wildman–Crippen MR) is 68.7 cm³/mol. The molecule has 0 unspecified atom stereocenters. The molecule has 0 amide bonds. The van der Waals surface area contributed by atoms with Gasteiger partial charge in [0.1, 0.15) is 5.75 Å². The molecule has 0 aliphatic heterocycles. The molecule has 112 valence electrons. The predicted octanol–water partition coefficient (Wildman–Crippen LogP) is 3.23. The fourth-order valence-electron chi connectivity index (χ4n) is 1.82. The van der Waals surface area contributed by atoms with E-state index in [4.69, 9.17) is 4.74 Å². The molecule has 0 saturated heterocycles. The number of aromatic nitrogens is 1. The number of fused-ring (bicyclic) bond motifs is 1. The van der Waals surface area contributed by atoms with Crippen molar-refractivity contribution in [3.63, 3.8) is 0 Å². The van der Waals surface area contributed by atoms with E-state index in [0.29, 0.717) is 6.07 Å². The smallest absolute Gasteiger partial charge is 0.356 e. The summed E-state index contributed by atoms with van der Waals surface area (Å²) in [6.45, 7) is 3.34. The van der Waals surface area contributed by atoms with Gasteiger partial charge in [-0.05, 0) is 13.8 Å². The number of hydrogen-bond acceptors (Lipinski definition) is 4. The van der Waals surface area contributed by atoms with Crippen molar-refractivity contribution in [2.24, 2.45) is 0 Å². The van der Waals surface area contributed by atoms with Crippen molar-refractivity contribution in [2.75, 3.05) is 7.11 Å². The largest absolute Gasteiger partial charge is 0.490 e. The highest BCUT2D eigenvalue weighted by atomic mass is 19.2. The Bertz CT molecular complexity index is 716. The molecule has 0 saturated carbocycles. The first kappa shape index (κ1) is 15.1. The Morgan fingerprint density at radius 2 is 1.86 bits per heavy atom. The van der Waals surface area contributed by atoms with Crippen LogP contribution in [0.4, 0.5) is 13.2 Å². The van der Waals surface area contributed by atoms with Crippen LogP contribution in [0.15, 0.2) is 12.1 Å². The highest BCUT2D eigenvalue weighted by Crippen LogP contribution is 2.31. The average Bonchev–Trinajstić information content (AvgIpc) is 2.42. The molecule has 0 spiro atoms. The van der Waals surface area contributed by atoms with E-state index in [1.807, 2.05) is 0 Å². The molecule has 2 rings (SSSR count). The number of methoxy groups -OCH3 is 1. The summed E-state index contributed by atoms with van der Waals surface area (Å²) in [5, 5.41) is -0.324. The first-order chi connectivity index (χ1) is 9.85. The van der Waals surface area contributed by atoms with Crippen molar-refractivity contribution in [3.8, 4) is 5.75 Å². The maximum atomic E-state index is 13.9. The number of ether oxygens (including phenoxy) is 2. The minimum Gasteiger partial charge on any atom is -0.490 e. The molecule has 0 fully saturated rings. The van der Waals surface area contributed by atoms with Crippen molar-refractivity contribution in [1.82, 2.24) is 4.98 Å². The SMILES string of the molecule is COC(=O)c1cc(OC(C)C)c2c(F)c(F)c(F)cc2n1. The Balaban J connectivity index is 2.81. The van der Waals surface area contributed by atoms with Gasteiger partial charge >= 0.3 is 5.97 Å². The lowest BCUT2D eigenvalue weighted by molar-refractivity contribution is 0.0593. The summed E-state index contributed by atoms with van der Waals surface area (Å²) in [4.78, 5) is 15.3. The lowest BCUT2D eigenvalue weighted by Gasteiger charge is -2.14. The summed E-state index contributed by atoms with van der Waals surface area (Å²) in [5.74, 6) is -5.33. The van der Waals surface area contributed by atoms with Gasteiger partial charge in [0.25, 0.3) is 0 Å². The third kappa shape index (κ3) is 2.76. The second-order valence-corrected chi connectivity index (χ2v) is 4.54. The van der Waals surface area contributed by atoms with Gasteiger partial charge in [0.2, 0.25) is 0 Å². The highest BCUT2D eigenvalue weighted by Gasteiger charge is 2.21. The van der Waals surface area contributed by atoms with E-state index in [1.54, 1.807) is 13.8 Å². The Kier molecular flexibility index (Phi) is 4.02. The standard InChI is InChI=1S/C14H12F3NO3/c1-6(2)21-10-5-9(14(19)20-3)18-8-4-7(15)12(16)13(17)11(8)10/h4-6H,1-3H3. The number of carbonyl (C=O) groups is 1. The van der Waals surface area contributed by atoms with Crippen LogP contribution in [0.5, 0.6) is 5.75 Å². The minimum absolute atomic E-state index is 0.105. The number of rotatable bonds is 3. The van der Waals surface area contributed by atoms with Gasteiger partial charge in [0, 0.05) is 12.1 Å². The molecule has 2 aromatic rings. The van der Waals surface area contributed by atoms with Crippen LogP contribution in [0.1, 0.15) is 24.3 Å². The van der Waals surface area contributed by atoms with Crippen molar-refractivity contribution in [3.05, 3.63) is 35.3 Å². The number of halogens is 3. The van der Waals surface area contributed by atoms with Gasteiger partial charge in [-0.15, -0.1) is 0 Å². The van der Waals surface area contributed by atoms with Crippen molar-refractivity contribution < 1.29 is 27.4 Å². The first-order valence-electron chi connectivity index (χ1n) is 6.08. The van der Waals surface area contributed by atoms with Crippen LogP contribution >= 0.6 is 0 Å². The van der Waals surface area contributed by atoms with E-state index >= 15 is 0 Å². The minimum atomic E-state index is -1.62. The molecule has 21 heavy (non-hydrogen) atoms. The third-order valence-electron chi connectivity index (χ3n) is 2.65. The second-order valence-electron chi connectivity index (χ2n) is 4.54. The molecule has 0 atom stereocenters. The monoisotopic (exact) mass is 299 g/mol. The molecule has 1 aromatic carbocycles. The molecule has 1 aromatic heterocycles. The Morgan fingerprint density at radius 3 is 2.43 bits per heavy atom. The normalized spacial score (nSPS) is 11.0. The number of esters is 1. The maximum absolute atomic E-state index is 13.9. The Labute approximate surface area is 118 Å². The summed E-state index contributed by atoms with van der Waals surface area (Å²) in [6, 6.07) is 1.84. The molecule has 7 heteroatoms. The Morgan fingerprint density at radius 1 is 1.19 bits per heavy atom. The number of pyridine rings is 1. The summed E-state index contributed by atoms with van der Waals surface area (Å²) in [7, 11) is 1.14. The molecule has 4 nitrogen and oxygen atoms in total. The molecule has 0 aliphatic rings. The highest BCUT2D eigenvalue weighted by molar-refractivity contribution is 5.94. The van der Waals surface area contributed by atoms with Crippen molar-refractivity contribution in [2.45, 2.75) is 20.0 Å². The van der Waals surface area contributed by atoms with Crippen molar-refractivity contribution >= 4 is 16.9 Å². The topological polar surface area (TPSA) is 48.4 Å². The van der Waals surface area contributed by atoms with E-state index in [0.717, 1.165) is 13.2 Å². The number of benzene rings is 1. The van der Waals surface area contributed by atoms with Crippen LogP contribution in [0.3, 0.4) is 0 Å². The van der Waals surface area contributed by atoms with E-state index < -0.39 is 23.4 Å². The summed E-state index contributed by atoms with van der Waals surface area (Å²) < 4.78 is 50.5. The fourth-order valence-corrected chi connectivity index (χ4v) is 1.82. The quantitative estimate of drug-likeness (QED) is 0.645. The molecule has 0 N–H and O–H groups in total. The summed E-state index contributed by atoms with van der Waals surface area (Å²) in [6.07, 6.45) is -0.367. The zero-order valence-corrected chi connectivity index (χ0v) is 11.5. The molecular formula is C14H12F3NO3. The van der Waals surface area contributed by atoms with Gasteiger partial charge in [-0.25, -0.2) is 22.9 Å². The molecule has 0 aliphatic carbocycles. The van der Waals surface area contributed by atoms with Gasteiger partial charge in [-0.1, -0.05) is 0 Å². The van der Waals surface area contributed by atoms with Crippen LogP contribution in [-0.2, 0) is 4.74 Å². The van der Waals surface area contributed by atoms with Gasteiger partial charge in [-0.3, -0.25) is 0 Å². The van der Waals surface area contributed by atoms with E-state index in [-0.39, 0.29) is 28.5 Å². The first-order valence-corrected chi connectivity index (χ1v) is 6.08. The Hall–Kier alpha value is -2.31. The zero-order valence-electron chi connectivity index (χ0n) is 11.5. The number of hydrogen-bond donors (Lipinski definition) is 0. The van der Waals surface area contributed by atoms with Crippen LogP contribution in [0.2, 0.25) is 0 Å². The number of nitrogens with zero attached hydrogens (tertiary/aromatic N) is 1. The molecular weight excluding hydrogens is 287 g/mol. The van der Waals surface area contributed by atoms with E-state index in [9.17, 15) is 18.0 Å². The number of carbonyl (C=O) groups excluding carboxylic acids is 1. The van der Waals surface area contributed by atoms with Crippen LogP contribution in [0, 0.1) is 17.5 Å². The van der Waals surface area contributed by atoms with Crippen LogP contribution < -0.4 is 4.74 Å². The summed E-state index contributed by atoms with van der Waals surface area (Å²) >= 11 is 0. The lowest BCUT2D eigenvalue weighted by atomic mass is 10.1.